The van der Waals surface area contributed by atoms with E-state index in [0.29, 0.717) is 11.1 Å². The van der Waals surface area contributed by atoms with Gasteiger partial charge in [0.15, 0.2) is 0 Å². The molecule has 0 bridgehead atoms. The number of carbonyl (C=O) groups excluding carboxylic acids is 2. The SMILES string of the molecule is Cc1cccc(C)c1.O=C(CC(NC(=O)c1ccccc1)c1cccc(F)c1)NCB(O)O. The van der Waals surface area contributed by atoms with Crippen LogP contribution in [0.15, 0.2) is 78.9 Å². The Kier molecular flexibility index (Phi) is 10.3. The number of rotatable bonds is 7. The standard InChI is InChI=1S/C17H18BFN2O4.C8H10/c19-14-8-4-7-13(9-14)15(10-16(22)20-11-18(24)25)21-17(23)12-5-2-1-3-6-12;1-7-4-3-5-8(2)6-7/h1-9,15,24-25H,10-11H2,(H,20,22)(H,21,23);3-6H,1-2H3. The summed E-state index contributed by atoms with van der Waals surface area (Å²) in [6.45, 7) is 4.21. The maximum Gasteiger partial charge on any atom is 0.472 e. The monoisotopic (exact) mass is 450 g/mol. The van der Waals surface area contributed by atoms with Crippen molar-refractivity contribution in [3.63, 3.8) is 0 Å². The van der Waals surface area contributed by atoms with Gasteiger partial charge in [0.2, 0.25) is 5.91 Å². The van der Waals surface area contributed by atoms with Crippen molar-refractivity contribution in [1.29, 1.82) is 0 Å². The minimum Gasteiger partial charge on any atom is -0.426 e. The number of benzene rings is 3. The fraction of sp³-hybridized carbons (Fsp3) is 0.200. The summed E-state index contributed by atoms with van der Waals surface area (Å²) in [7, 11) is -1.67. The van der Waals surface area contributed by atoms with Crippen LogP contribution >= 0.6 is 0 Å². The molecular formula is C25H28BFN2O4. The summed E-state index contributed by atoms with van der Waals surface area (Å²) in [5.41, 5.74) is 3.52. The summed E-state index contributed by atoms with van der Waals surface area (Å²) in [5, 5.41) is 22.6. The van der Waals surface area contributed by atoms with E-state index in [4.69, 9.17) is 10.0 Å². The molecule has 8 heteroatoms. The molecule has 4 N–H and O–H groups in total. The van der Waals surface area contributed by atoms with E-state index in [1.54, 1.807) is 36.4 Å². The van der Waals surface area contributed by atoms with Gasteiger partial charge < -0.3 is 20.7 Å². The molecule has 1 atom stereocenters. The second-order valence-electron chi connectivity index (χ2n) is 7.59. The van der Waals surface area contributed by atoms with Gasteiger partial charge in [-0.3, -0.25) is 9.59 Å². The first-order valence-electron chi connectivity index (χ1n) is 10.5. The quantitative estimate of drug-likeness (QED) is 0.416. The van der Waals surface area contributed by atoms with Crippen LogP contribution in [0.2, 0.25) is 0 Å². The first kappa shape index (κ1) is 25.8. The molecule has 0 aliphatic heterocycles. The van der Waals surface area contributed by atoms with Gasteiger partial charge in [-0.2, -0.15) is 0 Å². The zero-order valence-corrected chi connectivity index (χ0v) is 18.7. The van der Waals surface area contributed by atoms with Crippen molar-refractivity contribution in [2.45, 2.75) is 26.3 Å². The smallest absolute Gasteiger partial charge is 0.426 e. The van der Waals surface area contributed by atoms with E-state index in [1.807, 2.05) is 0 Å². The highest BCUT2D eigenvalue weighted by atomic mass is 19.1. The van der Waals surface area contributed by atoms with Crippen molar-refractivity contribution < 1.29 is 24.0 Å². The highest BCUT2D eigenvalue weighted by molar-refractivity contribution is 6.41. The molecule has 0 fully saturated rings. The number of amides is 2. The summed E-state index contributed by atoms with van der Waals surface area (Å²) in [5.74, 6) is -1.39. The van der Waals surface area contributed by atoms with Crippen LogP contribution in [-0.2, 0) is 4.79 Å². The lowest BCUT2D eigenvalue weighted by Gasteiger charge is -2.19. The molecule has 33 heavy (non-hydrogen) atoms. The molecule has 6 nitrogen and oxygen atoms in total. The third-order valence-electron chi connectivity index (χ3n) is 4.64. The second kappa shape index (κ2) is 13.2. The van der Waals surface area contributed by atoms with Gasteiger partial charge in [-0.1, -0.05) is 65.7 Å². The minimum atomic E-state index is -1.67. The van der Waals surface area contributed by atoms with Crippen molar-refractivity contribution in [2.24, 2.45) is 0 Å². The molecule has 0 radical (unpaired) electrons. The maximum absolute atomic E-state index is 13.5. The Morgan fingerprint density at radius 3 is 2.09 bits per heavy atom. The second-order valence-corrected chi connectivity index (χ2v) is 7.59. The molecule has 3 rings (SSSR count). The Balaban J connectivity index is 0.000000405. The number of hydrogen-bond acceptors (Lipinski definition) is 4. The lowest BCUT2D eigenvalue weighted by molar-refractivity contribution is -0.121. The fourth-order valence-corrected chi connectivity index (χ4v) is 3.08. The van der Waals surface area contributed by atoms with E-state index < -0.39 is 30.8 Å². The van der Waals surface area contributed by atoms with E-state index in [-0.39, 0.29) is 12.9 Å². The molecule has 0 aliphatic carbocycles. The Morgan fingerprint density at radius 2 is 1.55 bits per heavy atom. The highest BCUT2D eigenvalue weighted by Gasteiger charge is 2.20. The number of halogens is 1. The van der Waals surface area contributed by atoms with E-state index in [9.17, 15) is 14.0 Å². The molecule has 0 saturated carbocycles. The summed E-state index contributed by atoms with van der Waals surface area (Å²) in [4.78, 5) is 24.3. The predicted molar refractivity (Wildman–Crippen MR) is 127 cm³/mol. The number of carbonyl (C=O) groups is 2. The molecule has 0 saturated heterocycles. The Bertz CT molecular complexity index is 1030. The van der Waals surface area contributed by atoms with Crippen molar-refractivity contribution in [3.05, 3.63) is 107 Å². The first-order valence-corrected chi connectivity index (χ1v) is 10.5. The fourth-order valence-electron chi connectivity index (χ4n) is 3.08. The van der Waals surface area contributed by atoms with Crippen LogP contribution in [0.1, 0.15) is 39.5 Å². The van der Waals surface area contributed by atoms with Gasteiger partial charge in [0.25, 0.3) is 5.91 Å². The van der Waals surface area contributed by atoms with Crippen LogP contribution in [-0.4, -0.2) is 35.4 Å². The van der Waals surface area contributed by atoms with Crippen LogP contribution in [0, 0.1) is 19.7 Å². The first-order chi connectivity index (χ1) is 15.7. The third-order valence-corrected chi connectivity index (χ3v) is 4.64. The van der Waals surface area contributed by atoms with Gasteiger partial charge in [0, 0.05) is 5.56 Å². The van der Waals surface area contributed by atoms with Crippen LogP contribution in [0.25, 0.3) is 0 Å². The van der Waals surface area contributed by atoms with Crippen molar-refractivity contribution in [3.8, 4) is 0 Å². The maximum atomic E-state index is 13.5. The lowest BCUT2D eigenvalue weighted by atomic mass is 9.92. The van der Waals surface area contributed by atoms with Gasteiger partial charge in [0.05, 0.1) is 18.9 Å². The summed E-state index contributed by atoms with van der Waals surface area (Å²) < 4.78 is 13.5. The van der Waals surface area contributed by atoms with Crippen LogP contribution in [0.4, 0.5) is 4.39 Å². The van der Waals surface area contributed by atoms with Gasteiger partial charge in [-0.25, -0.2) is 4.39 Å². The predicted octanol–water partition coefficient (Wildman–Crippen LogP) is 3.12. The normalized spacial score (nSPS) is 10.9. The van der Waals surface area contributed by atoms with E-state index in [1.165, 1.54) is 29.3 Å². The summed E-state index contributed by atoms with van der Waals surface area (Å²) >= 11 is 0. The van der Waals surface area contributed by atoms with Crippen molar-refractivity contribution in [1.82, 2.24) is 10.6 Å². The zero-order chi connectivity index (χ0) is 24.2. The van der Waals surface area contributed by atoms with Gasteiger partial charge in [0.1, 0.15) is 5.82 Å². The minimum absolute atomic E-state index is 0.172. The Hall–Kier alpha value is -3.49. The van der Waals surface area contributed by atoms with E-state index in [2.05, 4.69) is 48.7 Å². The van der Waals surface area contributed by atoms with Crippen LogP contribution in [0.5, 0.6) is 0 Å². The van der Waals surface area contributed by atoms with E-state index >= 15 is 0 Å². The highest BCUT2D eigenvalue weighted by Crippen LogP contribution is 2.19. The molecule has 1 unspecified atom stereocenters. The topological polar surface area (TPSA) is 98.7 Å². The van der Waals surface area contributed by atoms with Crippen molar-refractivity contribution >= 4 is 18.9 Å². The summed E-state index contributed by atoms with van der Waals surface area (Å²) in [6, 6.07) is 21.7. The molecular weight excluding hydrogens is 422 g/mol. The molecule has 0 heterocycles. The average Bonchev–Trinajstić information content (AvgIpc) is 2.78. The molecule has 3 aromatic rings. The zero-order valence-electron chi connectivity index (χ0n) is 18.7. The van der Waals surface area contributed by atoms with Gasteiger partial charge in [-0.05, 0) is 43.7 Å². The summed E-state index contributed by atoms with van der Waals surface area (Å²) in [6.07, 6.45) is -0.504. The van der Waals surface area contributed by atoms with Gasteiger partial charge in [-0.15, -0.1) is 0 Å². The van der Waals surface area contributed by atoms with Crippen molar-refractivity contribution in [2.75, 3.05) is 6.44 Å². The third kappa shape index (κ3) is 9.68. The number of aryl methyl sites for hydroxylation is 2. The lowest BCUT2D eigenvalue weighted by Crippen LogP contribution is -2.38. The molecule has 172 valence electrons. The molecule has 3 aromatic carbocycles. The molecule has 0 spiro atoms. The van der Waals surface area contributed by atoms with Crippen LogP contribution in [0.3, 0.4) is 0 Å². The average molecular weight is 450 g/mol. The van der Waals surface area contributed by atoms with Crippen LogP contribution < -0.4 is 10.6 Å². The van der Waals surface area contributed by atoms with E-state index in [0.717, 1.165) is 0 Å². The Labute approximate surface area is 193 Å². The van der Waals surface area contributed by atoms with Gasteiger partial charge >= 0.3 is 7.12 Å². The Morgan fingerprint density at radius 1 is 0.909 bits per heavy atom. The molecule has 2 amide bonds. The number of hydrogen-bond donors (Lipinski definition) is 4. The molecule has 0 aromatic heterocycles. The number of nitrogens with one attached hydrogen (secondary N) is 2. The molecule has 0 aliphatic rings. The largest absolute Gasteiger partial charge is 0.472 e.